The number of hydrogen-bond donors (Lipinski definition) is 5. The maximum Gasteiger partial charge on any atom is 0.338 e. The van der Waals surface area contributed by atoms with Crippen molar-refractivity contribution in [3.05, 3.63) is 77.1 Å². The molecule has 2 aromatic carbocycles. The number of hydrazine groups is 2. The summed E-state index contributed by atoms with van der Waals surface area (Å²) in [6.45, 7) is 4.29. The van der Waals surface area contributed by atoms with Crippen LogP contribution in [0.1, 0.15) is 35.3 Å². The first-order valence-electron chi connectivity index (χ1n) is 9.92. The van der Waals surface area contributed by atoms with E-state index in [1.165, 1.54) is 24.3 Å². The Kier molecular flexibility index (Phi) is 9.40. The van der Waals surface area contributed by atoms with Crippen LogP contribution in [0.25, 0.3) is 11.3 Å². The van der Waals surface area contributed by atoms with Crippen LogP contribution in [0.15, 0.2) is 64.1 Å². The second-order valence-electron chi connectivity index (χ2n) is 6.13. The summed E-state index contributed by atoms with van der Waals surface area (Å²) < 4.78 is 22.9. The minimum Gasteiger partial charge on any atom is -0.457 e. The number of fused-ring (bicyclic) bond motifs is 1. The van der Waals surface area contributed by atoms with Gasteiger partial charge in [-0.15, -0.1) is 5.10 Å². The second-order valence-corrected chi connectivity index (χ2v) is 6.13. The maximum absolute atomic E-state index is 12.4. The summed E-state index contributed by atoms with van der Waals surface area (Å²) in [4.78, 5) is 21.5. The van der Waals surface area contributed by atoms with Gasteiger partial charge in [0.2, 0.25) is 12.3 Å². The highest BCUT2D eigenvalue weighted by molar-refractivity contribution is 5.97. The predicted octanol–water partition coefficient (Wildman–Crippen LogP) is 2.63. The van der Waals surface area contributed by atoms with Gasteiger partial charge in [0, 0.05) is 22.8 Å². The highest BCUT2D eigenvalue weighted by Gasteiger charge is 2.21. The van der Waals surface area contributed by atoms with Gasteiger partial charge >= 0.3 is 5.97 Å². The number of esters is 1. The van der Waals surface area contributed by atoms with Crippen molar-refractivity contribution >= 4 is 24.1 Å². The number of nitrogens with two attached hydrogens (primary N) is 2. The molecule has 174 valence electrons. The van der Waals surface area contributed by atoms with E-state index in [9.17, 15) is 14.0 Å². The number of hydrazone groups is 1. The molecule has 2 heterocycles. The van der Waals surface area contributed by atoms with Crippen LogP contribution in [0.3, 0.4) is 0 Å². The zero-order chi connectivity index (χ0) is 24.2. The van der Waals surface area contributed by atoms with Gasteiger partial charge in [-0.05, 0) is 42.5 Å². The van der Waals surface area contributed by atoms with Gasteiger partial charge in [0.05, 0.1) is 5.56 Å². The first kappa shape index (κ1) is 24.9. The molecule has 7 N–H and O–H groups in total. The summed E-state index contributed by atoms with van der Waals surface area (Å²) in [5, 5.41) is 3.52. The van der Waals surface area contributed by atoms with Gasteiger partial charge in [-0.2, -0.15) is 0 Å². The molecule has 1 aliphatic heterocycles. The summed E-state index contributed by atoms with van der Waals surface area (Å²) in [6.07, 6.45) is 0.514. The van der Waals surface area contributed by atoms with Crippen molar-refractivity contribution in [2.24, 2.45) is 16.7 Å². The minimum absolute atomic E-state index is 0.220. The summed E-state index contributed by atoms with van der Waals surface area (Å²) in [6, 6.07) is 14.5. The van der Waals surface area contributed by atoms with Gasteiger partial charge in [-0.25, -0.2) is 20.6 Å². The molecule has 0 atom stereocenters. The van der Waals surface area contributed by atoms with Crippen molar-refractivity contribution in [3.8, 4) is 11.3 Å². The van der Waals surface area contributed by atoms with E-state index in [0.29, 0.717) is 35.8 Å². The third-order valence-corrected chi connectivity index (χ3v) is 4.15. The number of hydrogen-bond acceptors (Lipinski definition) is 8. The molecule has 0 saturated heterocycles. The minimum atomic E-state index is -0.313. The van der Waals surface area contributed by atoms with E-state index < -0.39 is 0 Å². The molecule has 0 saturated carbocycles. The number of halogens is 1. The number of furan rings is 1. The van der Waals surface area contributed by atoms with E-state index in [2.05, 4.69) is 16.0 Å². The van der Waals surface area contributed by atoms with Gasteiger partial charge in [-0.3, -0.25) is 15.6 Å². The molecule has 11 heteroatoms. The van der Waals surface area contributed by atoms with E-state index >= 15 is 0 Å². The molecule has 1 aromatic heterocycles. The molecule has 10 nitrogen and oxygen atoms in total. The lowest BCUT2D eigenvalue weighted by Crippen LogP contribution is -2.22. The summed E-state index contributed by atoms with van der Waals surface area (Å²) in [5.41, 5.74) is 15.3. The number of rotatable bonds is 6. The molecular formula is C22H25FN6O4. The summed E-state index contributed by atoms with van der Waals surface area (Å²) in [5.74, 6) is 5.58. The van der Waals surface area contributed by atoms with Crippen molar-refractivity contribution in [1.82, 2.24) is 11.0 Å². The number of cyclic esters (lactones) is 1. The average Bonchev–Trinajstić information content (AvgIpc) is 3.47. The standard InChI is InChI=1S/C13H10N2O4.C7H9FN4.C2H6/c16-7-14-15-12-4-3-11(19-12)8-1-2-10-9(5-8)6-18-13(10)17;8-6-3-1-5(2-4-6)7(9)11-12-10;1-2/h1-5,7,15H,6H2,(H,14,16);1-4,12H,10H2,(H2,9,11);1-2H3. The number of amidine groups is 1. The molecule has 0 spiro atoms. The maximum atomic E-state index is 12.4. The molecule has 4 rings (SSSR count). The molecule has 0 bridgehead atoms. The smallest absolute Gasteiger partial charge is 0.338 e. The second kappa shape index (κ2) is 12.5. The molecule has 0 aliphatic carbocycles. The molecule has 3 aromatic rings. The van der Waals surface area contributed by atoms with Gasteiger partial charge in [-0.1, -0.05) is 19.9 Å². The Labute approximate surface area is 189 Å². The lowest BCUT2D eigenvalue weighted by molar-refractivity contribution is -0.109. The Bertz CT molecular complexity index is 1100. The van der Waals surface area contributed by atoms with Crippen molar-refractivity contribution in [1.29, 1.82) is 0 Å². The lowest BCUT2D eigenvalue weighted by Gasteiger charge is -2.01. The predicted molar refractivity (Wildman–Crippen MR) is 122 cm³/mol. The van der Waals surface area contributed by atoms with E-state index in [1.54, 1.807) is 24.3 Å². The Hall–Kier alpha value is -4.38. The van der Waals surface area contributed by atoms with Crippen molar-refractivity contribution in [2.75, 3.05) is 5.43 Å². The zero-order valence-corrected chi connectivity index (χ0v) is 18.1. The fourth-order valence-corrected chi connectivity index (χ4v) is 2.70. The van der Waals surface area contributed by atoms with Gasteiger partial charge < -0.3 is 14.9 Å². The van der Waals surface area contributed by atoms with Gasteiger partial charge in [0.25, 0.3) is 0 Å². The molecule has 33 heavy (non-hydrogen) atoms. The number of ether oxygens (including phenoxy) is 1. The molecule has 1 amide bonds. The monoisotopic (exact) mass is 456 g/mol. The first-order valence-corrected chi connectivity index (χ1v) is 9.92. The van der Waals surface area contributed by atoms with E-state index in [1.807, 2.05) is 25.4 Å². The van der Waals surface area contributed by atoms with Crippen molar-refractivity contribution in [3.63, 3.8) is 0 Å². The number of benzene rings is 2. The highest BCUT2D eigenvalue weighted by Crippen LogP contribution is 2.29. The fraction of sp³-hybridized carbons (Fsp3) is 0.136. The third kappa shape index (κ3) is 6.80. The molecular weight excluding hydrogens is 431 g/mol. The van der Waals surface area contributed by atoms with Gasteiger partial charge in [0.15, 0.2) is 5.84 Å². The van der Waals surface area contributed by atoms with Gasteiger partial charge in [0.1, 0.15) is 18.2 Å². The lowest BCUT2D eigenvalue weighted by atomic mass is 10.0. The Morgan fingerprint density at radius 1 is 1.12 bits per heavy atom. The number of nitrogens with zero attached hydrogens (tertiary/aromatic N) is 1. The Balaban J connectivity index is 0.000000238. The van der Waals surface area contributed by atoms with Crippen molar-refractivity contribution in [2.45, 2.75) is 20.5 Å². The molecule has 0 fully saturated rings. The molecule has 1 aliphatic rings. The van der Waals surface area contributed by atoms with E-state index in [4.69, 9.17) is 20.7 Å². The van der Waals surface area contributed by atoms with Crippen LogP contribution in [0.5, 0.6) is 0 Å². The quantitative estimate of drug-likeness (QED) is 0.0946. The summed E-state index contributed by atoms with van der Waals surface area (Å²) in [7, 11) is 0. The highest BCUT2D eigenvalue weighted by atomic mass is 19.1. The van der Waals surface area contributed by atoms with Crippen LogP contribution in [0.2, 0.25) is 0 Å². The van der Waals surface area contributed by atoms with E-state index in [-0.39, 0.29) is 17.6 Å². The van der Waals surface area contributed by atoms with Crippen LogP contribution in [-0.4, -0.2) is 18.2 Å². The SMILES string of the molecule is CC.NN/N=C(\N)c1ccc(F)cc1.O=CNNc1ccc(-c2ccc3c(c2)COC3=O)o1. The zero-order valence-electron chi connectivity index (χ0n) is 18.1. The third-order valence-electron chi connectivity index (χ3n) is 4.15. The average molecular weight is 456 g/mol. The Morgan fingerprint density at radius 2 is 1.85 bits per heavy atom. The fourth-order valence-electron chi connectivity index (χ4n) is 2.70. The molecule has 0 radical (unpaired) electrons. The summed E-state index contributed by atoms with van der Waals surface area (Å²) >= 11 is 0. The van der Waals surface area contributed by atoms with Crippen LogP contribution < -0.4 is 28.0 Å². The number of anilines is 1. The Morgan fingerprint density at radius 3 is 2.52 bits per heavy atom. The van der Waals surface area contributed by atoms with Crippen LogP contribution >= 0.6 is 0 Å². The van der Waals surface area contributed by atoms with Crippen LogP contribution in [-0.2, 0) is 16.1 Å². The number of nitrogens with one attached hydrogen (secondary N) is 3. The number of amides is 1. The van der Waals surface area contributed by atoms with Crippen LogP contribution in [0, 0.1) is 5.82 Å². The largest absolute Gasteiger partial charge is 0.457 e. The van der Waals surface area contributed by atoms with Crippen molar-refractivity contribution < 1.29 is 23.1 Å². The number of carbonyl (C=O) groups is 2. The normalized spacial score (nSPS) is 11.6. The molecule has 0 unspecified atom stereocenters. The first-order chi connectivity index (χ1) is 16.0. The van der Waals surface area contributed by atoms with E-state index in [0.717, 1.165) is 11.1 Å². The topological polar surface area (TPSA) is 157 Å². The van der Waals surface area contributed by atoms with Crippen LogP contribution in [0.4, 0.5) is 10.3 Å². The number of carbonyl (C=O) groups excluding carboxylic acids is 2.